The van der Waals surface area contributed by atoms with Crippen molar-refractivity contribution in [3.8, 4) is 0 Å². The zero-order valence-corrected chi connectivity index (χ0v) is 12.0. The maximum Gasteiger partial charge on any atom is 0.253 e. The van der Waals surface area contributed by atoms with Gasteiger partial charge in [-0.2, -0.15) is 0 Å². The lowest BCUT2D eigenvalue weighted by Crippen LogP contribution is -2.44. The SMILES string of the molecule is O=C(NCC1(O)CCCCC1)c1cc(Cl)ncc1Cl. The van der Waals surface area contributed by atoms with E-state index in [9.17, 15) is 9.90 Å². The van der Waals surface area contributed by atoms with Crippen molar-refractivity contribution in [3.05, 3.63) is 28.0 Å². The minimum absolute atomic E-state index is 0.214. The maximum absolute atomic E-state index is 12.0. The summed E-state index contributed by atoms with van der Waals surface area (Å²) in [5, 5.41) is 13.5. The summed E-state index contributed by atoms with van der Waals surface area (Å²) in [7, 11) is 0. The van der Waals surface area contributed by atoms with E-state index in [4.69, 9.17) is 23.2 Å². The van der Waals surface area contributed by atoms with Crippen molar-refractivity contribution < 1.29 is 9.90 Å². The van der Waals surface area contributed by atoms with Gasteiger partial charge in [0, 0.05) is 12.7 Å². The first-order valence-electron chi connectivity index (χ1n) is 6.32. The van der Waals surface area contributed by atoms with Crippen LogP contribution in [0.4, 0.5) is 0 Å². The van der Waals surface area contributed by atoms with Gasteiger partial charge in [-0.05, 0) is 18.9 Å². The largest absolute Gasteiger partial charge is 0.388 e. The Balaban J connectivity index is 1.99. The van der Waals surface area contributed by atoms with Crippen molar-refractivity contribution >= 4 is 29.1 Å². The molecular weight excluding hydrogens is 287 g/mol. The summed E-state index contributed by atoms with van der Waals surface area (Å²) in [6.45, 7) is 0.238. The lowest BCUT2D eigenvalue weighted by molar-refractivity contribution is 0.00526. The molecule has 1 amide bonds. The van der Waals surface area contributed by atoms with Crippen molar-refractivity contribution in [1.29, 1.82) is 0 Å². The van der Waals surface area contributed by atoms with E-state index in [0.29, 0.717) is 0 Å². The number of carbonyl (C=O) groups is 1. The third kappa shape index (κ3) is 3.81. The quantitative estimate of drug-likeness (QED) is 0.844. The molecule has 1 aromatic rings. The second-order valence-corrected chi connectivity index (χ2v) is 5.75. The molecule has 1 aliphatic rings. The average Bonchev–Trinajstić information content (AvgIpc) is 2.40. The molecule has 0 spiro atoms. The van der Waals surface area contributed by atoms with Crippen LogP contribution >= 0.6 is 23.2 Å². The Morgan fingerprint density at radius 2 is 2.05 bits per heavy atom. The predicted octanol–water partition coefficient (Wildman–Crippen LogP) is 2.81. The fraction of sp³-hybridized carbons (Fsp3) is 0.538. The third-order valence-electron chi connectivity index (χ3n) is 3.43. The van der Waals surface area contributed by atoms with E-state index in [1.165, 1.54) is 12.3 Å². The van der Waals surface area contributed by atoms with Crippen LogP contribution in [-0.4, -0.2) is 28.1 Å². The van der Waals surface area contributed by atoms with Crippen LogP contribution in [0.1, 0.15) is 42.5 Å². The normalized spacial score (nSPS) is 18.1. The van der Waals surface area contributed by atoms with E-state index in [1.54, 1.807) is 0 Å². The predicted molar refractivity (Wildman–Crippen MR) is 74.6 cm³/mol. The Morgan fingerprint density at radius 1 is 1.37 bits per heavy atom. The molecule has 2 rings (SSSR count). The van der Waals surface area contributed by atoms with E-state index < -0.39 is 5.60 Å². The van der Waals surface area contributed by atoms with Gasteiger partial charge in [0.1, 0.15) is 5.15 Å². The molecule has 19 heavy (non-hydrogen) atoms. The van der Waals surface area contributed by atoms with Crippen LogP contribution in [-0.2, 0) is 0 Å². The minimum Gasteiger partial charge on any atom is -0.388 e. The lowest BCUT2D eigenvalue weighted by Gasteiger charge is -2.32. The highest BCUT2D eigenvalue weighted by atomic mass is 35.5. The number of rotatable bonds is 3. The molecule has 6 heteroatoms. The fourth-order valence-electron chi connectivity index (χ4n) is 2.31. The van der Waals surface area contributed by atoms with Gasteiger partial charge < -0.3 is 10.4 Å². The van der Waals surface area contributed by atoms with Gasteiger partial charge in [-0.15, -0.1) is 0 Å². The number of carbonyl (C=O) groups excluding carboxylic acids is 1. The molecule has 0 saturated heterocycles. The van der Waals surface area contributed by atoms with Gasteiger partial charge in [-0.3, -0.25) is 4.79 Å². The number of hydrogen-bond acceptors (Lipinski definition) is 3. The first-order valence-corrected chi connectivity index (χ1v) is 7.07. The Hall–Kier alpha value is -0.840. The number of hydrogen-bond donors (Lipinski definition) is 2. The van der Waals surface area contributed by atoms with Crippen LogP contribution in [0.2, 0.25) is 10.2 Å². The van der Waals surface area contributed by atoms with E-state index in [2.05, 4.69) is 10.3 Å². The van der Waals surface area contributed by atoms with Crippen LogP contribution in [0, 0.1) is 0 Å². The molecule has 2 N–H and O–H groups in total. The van der Waals surface area contributed by atoms with Gasteiger partial charge in [0.15, 0.2) is 0 Å². The molecule has 1 saturated carbocycles. The van der Waals surface area contributed by atoms with Gasteiger partial charge in [-0.1, -0.05) is 42.5 Å². The number of amides is 1. The highest BCUT2D eigenvalue weighted by Gasteiger charge is 2.29. The summed E-state index contributed by atoms with van der Waals surface area (Å²) in [4.78, 5) is 15.8. The first kappa shape index (κ1) is 14.6. The first-order chi connectivity index (χ1) is 9.00. The van der Waals surface area contributed by atoms with E-state index in [0.717, 1.165) is 32.1 Å². The maximum atomic E-state index is 12.0. The summed E-state index contributed by atoms with van der Waals surface area (Å²) in [5.41, 5.74) is -0.516. The van der Waals surface area contributed by atoms with Crippen molar-refractivity contribution in [2.24, 2.45) is 0 Å². The van der Waals surface area contributed by atoms with Crippen molar-refractivity contribution in [2.45, 2.75) is 37.7 Å². The monoisotopic (exact) mass is 302 g/mol. The third-order valence-corrected chi connectivity index (χ3v) is 3.94. The summed E-state index contributed by atoms with van der Waals surface area (Å²) in [6.07, 6.45) is 5.91. The van der Waals surface area contributed by atoms with Crippen LogP contribution in [0.5, 0.6) is 0 Å². The lowest BCUT2D eigenvalue weighted by atomic mass is 9.85. The number of aliphatic hydroxyl groups is 1. The van der Waals surface area contributed by atoms with Gasteiger partial charge in [-0.25, -0.2) is 4.98 Å². The summed E-state index contributed by atoms with van der Waals surface area (Å²) in [6, 6.07) is 1.42. The van der Waals surface area contributed by atoms with E-state index >= 15 is 0 Å². The molecule has 0 atom stereocenters. The molecule has 0 bridgehead atoms. The number of aromatic nitrogens is 1. The van der Waals surface area contributed by atoms with Gasteiger partial charge in [0.25, 0.3) is 5.91 Å². The average molecular weight is 303 g/mol. The standard InChI is InChI=1S/C13H16Cl2N2O2/c14-10-7-16-11(15)6-9(10)12(18)17-8-13(19)4-2-1-3-5-13/h6-7,19H,1-5,8H2,(H,17,18). The summed E-state index contributed by atoms with van der Waals surface area (Å²) >= 11 is 11.6. The number of halogens is 2. The van der Waals surface area contributed by atoms with Gasteiger partial charge >= 0.3 is 0 Å². The Kier molecular flexibility index (Phi) is 4.66. The minimum atomic E-state index is -0.794. The Morgan fingerprint density at radius 3 is 2.74 bits per heavy atom. The molecule has 0 radical (unpaired) electrons. The van der Waals surface area contributed by atoms with Crippen molar-refractivity contribution in [2.75, 3.05) is 6.54 Å². The number of pyridine rings is 1. The number of nitrogens with zero attached hydrogens (tertiary/aromatic N) is 1. The summed E-state index contributed by atoms with van der Waals surface area (Å²) in [5.74, 6) is -0.340. The molecule has 1 heterocycles. The Bertz CT molecular complexity index is 474. The smallest absolute Gasteiger partial charge is 0.253 e. The van der Waals surface area contributed by atoms with E-state index in [1.807, 2.05) is 0 Å². The zero-order chi connectivity index (χ0) is 13.9. The molecule has 1 aromatic heterocycles. The van der Waals surface area contributed by atoms with Gasteiger partial charge in [0.05, 0.1) is 16.2 Å². The molecule has 104 valence electrons. The summed E-state index contributed by atoms with van der Waals surface area (Å²) < 4.78 is 0. The zero-order valence-electron chi connectivity index (χ0n) is 10.5. The molecular formula is C13H16Cl2N2O2. The molecule has 1 aliphatic carbocycles. The van der Waals surface area contributed by atoms with Crippen molar-refractivity contribution in [3.63, 3.8) is 0 Å². The van der Waals surface area contributed by atoms with Crippen LogP contribution in [0.25, 0.3) is 0 Å². The van der Waals surface area contributed by atoms with Gasteiger partial charge in [0.2, 0.25) is 0 Å². The molecule has 1 fully saturated rings. The second kappa shape index (κ2) is 6.07. The highest BCUT2D eigenvalue weighted by molar-refractivity contribution is 6.35. The fourth-order valence-corrected chi connectivity index (χ4v) is 2.66. The molecule has 0 aromatic carbocycles. The van der Waals surface area contributed by atoms with Crippen LogP contribution < -0.4 is 5.32 Å². The second-order valence-electron chi connectivity index (χ2n) is 4.95. The van der Waals surface area contributed by atoms with Crippen molar-refractivity contribution in [1.82, 2.24) is 10.3 Å². The molecule has 0 unspecified atom stereocenters. The van der Waals surface area contributed by atoms with E-state index in [-0.39, 0.29) is 28.2 Å². The topological polar surface area (TPSA) is 62.2 Å². The van der Waals surface area contributed by atoms with Crippen LogP contribution in [0.3, 0.4) is 0 Å². The highest BCUT2D eigenvalue weighted by Crippen LogP contribution is 2.27. The van der Waals surface area contributed by atoms with Crippen LogP contribution in [0.15, 0.2) is 12.3 Å². The molecule has 0 aliphatic heterocycles. The number of nitrogens with one attached hydrogen (secondary N) is 1. The molecule has 4 nitrogen and oxygen atoms in total. The Labute approximate surface area is 122 Å².